The molecule has 2 aromatic heterocycles. The van der Waals surface area contributed by atoms with Gasteiger partial charge in [-0.1, -0.05) is 17.7 Å². The fraction of sp³-hybridized carbons (Fsp3) is 0.286. The van der Waals surface area contributed by atoms with Crippen LogP contribution in [0, 0.1) is 0 Å². The number of hydrogen-bond donors (Lipinski definition) is 1. The minimum Gasteiger partial charge on any atom is -0.373 e. The molecule has 0 aliphatic rings. The Morgan fingerprint density at radius 3 is 2.85 bits per heavy atom. The van der Waals surface area contributed by atoms with E-state index in [1.807, 2.05) is 24.4 Å². The largest absolute Gasteiger partial charge is 0.373 e. The molecule has 1 atom stereocenters. The number of anilines is 1. The molecule has 2 rings (SSSR count). The van der Waals surface area contributed by atoms with Crippen molar-refractivity contribution in [2.24, 2.45) is 0 Å². The maximum atomic E-state index is 12.5. The smallest absolute Gasteiger partial charge is 0.254 e. The third-order valence-corrected chi connectivity index (χ3v) is 4.39. The molecule has 2 heterocycles. The number of pyridine rings is 1. The highest BCUT2D eigenvalue weighted by Crippen LogP contribution is 2.25. The van der Waals surface area contributed by atoms with Gasteiger partial charge in [0.2, 0.25) is 0 Å². The van der Waals surface area contributed by atoms with E-state index in [2.05, 4.69) is 10.3 Å². The quantitative estimate of drug-likeness (QED) is 0.876. The number of carbonyl (C=O) groups excluding carboxylic acids is 1. The van der Waals surface area contributed by atoms with Crippen LogP contribution in [0.3, 0.4) is 0 Å². The highest BCUT2D eigenvalue weighted by Gasteiger charge is 2.20. The van der Waals surface area contributed by atoms with Gasteiger partial charge in [0.25, 0.3) is 5.91 Å². The molecule has 0 bridgehead atoms. The van der Waals surface area contributed by atoms with Crippen LogP contribution in [0.5, 0.6) is 0 Å². The molecule has 1 unspecified atom stereocenters. The molecule has 0 radical (unpaired) electrons. The SMILES string of the molecule is CNc1cc(C(=O)N(C)C(C)c2cccs2)cc(Cl)n1. The number of halogens is 1. The summed E-state index contributed by atoms with van der Waals surface area (Å²) in [5.41, 5.74) is 0.528. The Bertz CT molecular complexity index is 600. The van der Waals surface area contributed by atoms with Crippen molar-refractivity contribution in [3.05, 3.63) is 45.2 Å². The zero-order chi connectivity index (χ0) is 14.7. The lowest BCUT2D eigenvalue weighted by Gasteiger charge is -2.24. The first-order chi connectivity index (χ1) is 9.52. The van der Waals surface area contributed by atoms with Gasteiger partial charge in [-0.25, -0.2) is 4.98 Å². The van der Waals surface area contributed by atoms with Crippen LogP contribution in [0.15, 0.2) is 29.6 Å². The number of nitrogens with one attached hydrogen (secondary N) is 1. The van der Waals surface area contributed by atoms with Crippen molar-refractivity contribution < 1.29 is 4.79 Å². The van der Waals surface area contributed by atoms with E-state index in [0.717, 1.165) is 4.88 Å². The van der Waals surface area contributed by atoms with Crippen LogP contribution < -0.4 is 5.32 Å². The molecule has 0 aliphatic heterocycles. The molecule has 0 aromatic carbocycles. The van der Waals surface area contributed by atoms with E-state index in [0.29, 0.717) is 16.5 Å². The van der Waals surface area contributed by atoms with Gasteiger partial charge in [-0.2, -0.15) is 0 Å². The first-order valence-corrected chi connectivity index (χ1v) is 7.44. The standard InChI is InChI=1S/C14H16ClN3OS/c1-9(11-5-4-6-20-11)18(3)14(19)10-7-12(15)17-13(8-10)16-2/h4-9H,1-3H3,(H,16,17). The Kier molecular flexibility index (Phi) is 4.62. The van der Waals surface area contributed by atoms with Crippen molar-refractivity contribution in [1.82, 2.24) is 9.88 Å². The second kappa shape index (κ2) is 6.24. The van der Waals surface area contributed by atoms with Crippen LogP contribution in [0.4, 0.5) is 5.82 Å². The molecule has 2 aromatic rings. The molecule has 20 heavy (non-hydrogen) atoms. The van der Waals surface area contributed by atoms with Gasteiger partial charge in [-0.15, -0.1) is 11.3 Å². The molecule has 0 fully saturated rings. The summed E-state index contributed by atoms with van der Waals surface area (Å²) in [4.78, 5) is 19.4. The van der Waals surface area contributed by atoms with E-state index in [1.54, 1.807) is 42.5 Å². The fourth-order valence-electron chi connectivity index (χ4n) is 1.85. The van der Waals surface area contributed by atoms with Gasteiger partial charge < -0.3 is 10.2 Å². The lowest BCUT2D eigenvalue weighted by atomic mass is 10.2. The van der Waals surface area contributed by atoms with Crippen molar-refractivity contribution >= 4 is 34.7 Å². The van der Waals surface area contributed by atoms with E-state index in [9.17, 15) is 4.79 Å². The molecular formula is C14H16ClN3OS. The topological polar surface area (TPSA) is 45.2 Å². The fourth-order valence-corrected chi connectivity index (χ4v) is 2.88. The van der Waals surface area contributed by atoms with Gasteiger partial charge in [-0.3, -0.25) is 4.79 Å². The van der Waals surface area contributed by atoms with Gasteiger partial charge in [0.1, 0.15) is 11.0 Å². The van der Waals surface area contributed by atoms with Gasteiger partial charge in [0.05, 0.1) is 6.04 Å². The van der Waals surface area contributed by atoms with Crippen LogP contribution in [-0.2, 0) is 0 Å². The average Bonchev–Trinajstić information content (AvgIpc) is 2.98. The maximum absolute atomic E-state index is 12.5. The molecule has 0 saturated carbocycles. The number of hydrogen-bond acceptors (Lipinski definition) is 4. The average molecular weight is 310 g/mol. The Morgan fingerprint density at radius 2 is 2.25 bits per heavy atom. The molecular weight excluding hydrogens is 294 g/mol. The van der Waals surface area contributed by atoms with Crippen molar-refractivity contribution in [2.75, 3.05) is 19.4 Å². The Hall–Kier alpha value is -1.59. The number of rotatable bonds is 4. The van der Waals surface area contributed by atoms with E-state index in [4.69, 9.17) is 11.6 Å². The minimum atomic E-state index is -0.0771. The van der Waals surface area contributed by atoms with Crippen LogP contribution in [-0.4, -0.2) is 29.9 Å². The molecule has 0 aliphatic carbocycles. The third kappa shape index (κ3) is 3.11. The normalized spacial score (nSPS) is 12.0. The summed E-state index contributed by atoms with van der Waals surface area (Å²) in [6.07, 6.45) is 0. The lowest BCUT2D eigenvalue weighted by molar-refractivity contribution is 0.0745. The number of amides is 1. The van der Waals surface area contributed by atoms with Gasteiger partial charge in [-0.05, 0) is 30.5 Å². The van der Waals surface area contributed by atoms with Crippen molar-refractivity contribution in [2.45, 2.75) is 13.0 Å². The third-order valence-electron chi connectivity index (χ3n) is 3.15. The number of nitrogens with zero attached hydrogens (tertiary/aromatic N) is 2. The van der Waals surface area contributed by atoms with E-state index < -0.39 is 0 Å². The van der Waals surface area contributed by atoms with E-state index in [-0.39, 0.29) is 11.9 Å². The summed E-state index contributed by atoms with van der Waals surface area (Å²) >= 11 is 7.57. The number of thiophene rings is 1. The first-order valence-electron chi connectivity index (χ1n) is 6.19. The number of carbonyl (C=O) groups is 1. The molecule has 1 N–H and O–H groups in total. The second-order valence-corrected chi connectivity index (χ2v) is 5.79. The van der Waals surface area contributed by atoms with Gasteiger partial charge in [0, 0.05) is 24.5 Å². The molecule has 1 amide bonds. The van der Waals surface area contributed by atoms with Crippen LogP contribution >= 0.6 is 22.9 Å². The number of aromatic nitrogens is 1. The Morgan fingerprint density at radius 1 is 1.50 bits per heavy atom. The molecule has 6 heteroatoms. The molecule has 106 valence electrons. The van der Waals surface area contributed by atoms with E-state index in [1.165, 1.54) is 0 Å². The summed E-state index contributed by atoms with van der Waals surface area (Å²) in [7, 11) is 3.53. The highest BCUT2D eigenvalue weighted by molar-refractivity contribution is 7.10. The van der Waals surface area contributed by atoms with Gasteiger partial charge in [0.15, 0.2) is 0 Å². The second-order valence-electron chi connectivity index (χ2n) is 4.42. The Labute approximate surface area is 127 Å². The molecule has 4 nitrogen and oxygen atoms in total. The van der Waals surface area contributed by atoms with Crippen LogP contribution in [0.2, 0.25) is 5.15 Å². The van der Waals surface area contributed by atoms with E-state index >= 15 is 0 Å². The predicted octanol–water partition coefficient (Wildman–Crippen LogP) is 3.67. The van der Waals surface area contributed by atoms with Crippen molar-refractivity contribution in [1.29, 1.82) is 0 Å². The first kappa shape index (κ1) is 14.8. The summed E-state index contributed by atoms with van der Waals surface area (Å²) in [6.45, 7) is 2.01. The summed E-state index contributed by atoms with van der Waals surface area (Å²) < 4.78 is 0. The maximum Gasteiger partial charge on any atom is 0.254 e. The van der Waals surface area contributed by atoms with Crippen LogP contribution in [0.25, 0.3) is 0 Å². The summed E-state index contributed by atoms with van der Waals surface area (Å²) in [5.74, 6) is 0.504. The van der Waals surface area contributed by atoms with Crippen molar-refractivity contribution in [3.63, 3.8) is 0 Å². The molecule has 0 spiro atoms. The van der Waals surface area contributed by atoms with Crippen LogP contribution in [0.1, 0.15) is 28.2 Å². The highest BCUT2D eigenvalue weighted by atomic mass is 35.5. The lowest BCUT2D eigenvalue weighted by Crippen LogP contribution is -2.29. The zero-order valence-corrected chi connectivity index (χ0v) is 13.1. The monoisotopic (exact) mass is 309 g/mol. The van der Waals surface area contributed by atoms with Gasteiger partial charge >= 0.3 is 0 Å². The zero-order valence-electron chi connectivity index (χ0n) is 11.6. The minimum absolute atomic E-state index is 0.0208. The summed E-state index contributed by atoms with van der Waals surface area (Å²) in [5, 5.41) is 5.20. The molecule has 0 saturated heterocycles. The predicted molar refractivity (Wildman–Crippen MR) is 83.6 cm³/mol. The summed E-state index contributed by atoms with van der Waals surface area (Å²) in [6, 6.07) is 7.32. The Balaban J connectivity index is 2.24. The van der Waals surface area contributed by atoms with Crippen molar-refractivity contribution in [3.8, 4) is 0 Å².